The minimum Gasteiger partial charge on any atom is -0.486 e. The molecule has 2 aromatic heterocycles. The molecule has 0 saturated heterocycles. The summed E-state index contributed by atoms with van der Waals surface area (Å²) in [7, 11) is -3.60. The summed E-state index contributed by atoms with van der Waals surface area (Å²) in [6.45, 7) is 1.07. The zero-order valence-corrected chi connectivity index (χ0v) is 15.1. The van der Waals surface area contributed by atoms with Crippen LogP contribution in [0.3, 0.4) is 0 Å². The fraction of sp³-hybridized carbons (Fsp3) is 0.118. The molecule has 0 fully saturated rings. The third kappa shape index (κ3) is 3.58. The lowest BCUT2D eigenvalue weighted by Gasteiger charge is -2.19. The molecule has 7 nitrogen and oxygen atoms in total. The summed E-state index contributed by atoms with van der Waals surface area (Å²) in [6, 6.07) is 12.1. The minimum absolute atomic E-state index is 0.248. The van der Waals surface area contributed by atoms with Crippen LogP contribution >= 0.6 is 11.3 Å². The van der Waals surface area contributed by atoms with Gasteiger partial charge in [-0.3, -0.25) is 4.72 Å². The van der Waals surface area contributed by atoms with Crippen LogP contribution in [0.1, 0.15) is 0 Å². The molecule has 0 atom stereocenters. The van der Waals surface area contributed by atoms with Crippen molar-refractivity contribution in [3.8, 4) is 11.5 Å². The Morgan fingerprint density at radius 2 is 1.81 bits per heavy atom. The number of benzene rings is 1. The molecule has 0 aliphatic carbocycles. The first-order valence-corrected chi connectivity index (χ1v) is 10.2. The van der Waals surface area contributed by atoms with Crippen molar-refractivity contribution in [3.05, 3.63) is 54.0 Å². The van der Waals surface area contributed by atoms with Gasteiger partial charge in [0, 0.05) is 11.8 Å². The standard InChI is InChI=1S/C17H15N3O4S2/c21-26(22,17-2-1-9-25-17)20-16-6-4-13(11-18-16)19-12-3-5-14-15(10-12)24-8-7-23-14/h1-6,9-11,19H,7-8H2,(H,18,20). The molecule has 3 aromatic rings. The number of nitrogens with zero attached hydrogens (tertiary/aromatic N) is 1. The average Bonchev–Trinajstić information content (AvgIpc) is 3.19. The van der Waals surface area contributed by atoms with Gasteiger partial charge in [0.05, 0.1) is 11.9 Å². The second kappa shape index (κ2) is 6.85. The quantitative estimate of drug-likeness (QED) is 0.695. The van der Waals surface area contributed by atoms with E-state index in [9.17, 15) is 8.42 Å². The van der Waals surface area contributed by atoms with E-state index in [1.54, 1.807) is 35.8 Å². The number of rotatable bonds is 5. The smallest absolute Gasteiger partial charge is 0.272 e. The van der Waals surface area contributed by atoms with E-state index in [1.807, 2.05) is 18.2 Å². The van der Waals surface area contributed by atoms with E-state index < -0.39 is 10.0 Å². The van der Waals surface area contributed by atoms with Crippen molar-refractivity contribution in [2.24, 2.45) is 0 Å². The highest BCUT2D eigenvalue weighted by Gasteiger charge is 2.16. The Kier molecular flexibility index (Phi) is 4.39. The average molecular weight is 389 g/mol. The molecule has 0 radical (unpaired) electrons. The van der Waals surface area contributed by atoms with Gasteiger partial charge in [-0.1, -0.05) is 6.07 Å². The summed E-state index contributed by atoms with van der Waals surface area (Å²) in [5.41, 5.74) is 1.55. The topological polar surface area (TPSA) is 89.6 Å². The molecule has 1 aliphatic rings. The van der Waals surface area contributed by atoms with Gasteiger partial charge >= 0.3 is 0 Å². The van der Waals surface area contributed by atoms with Crippen LogP contribution in [0.25, 0.3) is 0 Å². The lowest BCUT2D eigenvalue weighted by Crippen LogP contribution is -2.15. The number of pyridine rings is 1. The molecule has 134 valence electrons. The molecule has 4 rings (SSSR count). The summed E-state index contributed by atoms with van der Waals surface area (Å²) in [6.07, 6.45) is 1.56. The maximum Gasteiger partial charge on any atom is 0.272 e. The second-order valence-electron chi connectivity index (χ2n) is 5.45. The molecule has 9 heteroatoms. The van der Waals surface area contributed by atoms with E-state index in [0.717, 1.165) is 28.5 Å². The maximum atomic E-state index is 12.2. The van der Waals surface area contributed by atoms with Gasteiger partial charge in [0.25, 0.3) is 10.0 Å². The van der Waals surface area contributed by atoms with Crippen LogP contribution < -0.4 is 19.5 Å². The number of nitrogens with one attached hydrogen (secondary N) is 2. The zero-order chi connectivity index (χ0) is 18.0. The normalized spacial score (nSPS) is 13.2. The fourth-order valence-corrected chi connectivity index (χ4v) is 4.42. The van der Waals surface area contributed by atoms with Gasteiger partial charge in [0.15, 0.2) is 11.5 Å². The van der Waals surface area contributed by atoms with Crippen LogP contribution in [0.15, 0.2) is 58.3 Å². The molecule has 1 aromatic carbocycles. The number of anilines is 3. The number of aromatic nitrogens is 1. The summed E-state index contributed by atoms with van der Waals surface area (Å²) < 4.78 is 38.1. The highest BCUT2D eigenvalue weighted by molar-refractivity contribution is 7.94. The van der Waals surface area contributed by atoms with E-state index in [4.69, 9.17) is 9.47 Å². The molecule has 0 unspecified atom stereocenters. The molecule has 1 aliphatic heterocycles. The van der Waals surface area contributed by atoms with Crippen LogP contribution in [-0.2, 0) is 10.0 Å². The van der Waals surface area contributed by atoms with E-state index in [0.29, 0.717) is 19.0 Å². The summed E-state index contributed by atoms with van der Waals surface area (Å²) in [4.78, 5) is 4.15. The maximum absolute atomic E-state index is 12.2. The first-order valence-electron chi connectivity index (χ1n) is 7.79. The monoisotopic (exact) mass is 389 g/mol. The lowest BCUT2D eigenvalue weighted by atomic mass is 10.2. The Morgan fingerprint density at radius 1 is 1.00 bits per heavy atom. The first kappa shape index (κ1) is 16.7. The molecule has 0 saturated carbocycles. The molecule has 0 bridgehead atoms. The lowest BCUT2D eigenvalue weighted by molar-refractivity contribution is 0.171. The molecule has 26 heavy (non-hydrogen) atoms. The van der Waals surface area contributed by atoms with Gasteiger partial charge in [-0.25, -0.2) is 13.4 Å². The zero-order valence-electron chi connectivity index (χ0n) is 13.5. The Hall–Kier alpha value is -2.78. The Labute approximate surface area is 154 Å². The van der Waals surface area contributed by atoms with Crippen LogP contribution in [0.2, 0.25) is 0 Å². The number of thiophene rings is 1. The van der Waals surface area contributed by atoms with Crippen LogP contribution in [0.5, 0.6) is 11.5 Å². The molecule has 3 heterocycles. The number of sulfonamides is 1. The van der Waals surface area contributed by atoms with Crippen molar-refractivity contribution in [1.82, 2.24) is 4.98 Å². The fourth-order valence-electron chi connectivity index (χ4n) is 2.42. The summed E-state index contributed by atoms with van der Waals surface area (Å²) in [5.74, 6) is 1.67. The van der Waals surface area contributed by atoms with Gasteiger partial charge < -0.3 is 14.8 Å². The Morgan fingerprint density at radius 3 is 2.54 bits per heavy atom. The van der Waals surface area contributed by atoms with Gasteiger partial charge in [-0.05, 0) is 35.7 Å². The van der Waals surface area contributed by atoms with E-state index in [1.165, 1.54) is 0 Å². The van der Waals surface area contributed by atoms with E-state index >= 15 is 0 Å². The van der Waals surface area contributed by atoms with Crippen molar-refractivity contribution >= 4 is 38.6 Å². The minimum atomic E-state index is -3.60. The number of fused-ring (bicyclic) bond motifs is 1. The SMILES string of the molecule is O=S(=O)(Nc1ccc(Nc2ccc3c(c2)OCCO3)cn1)c1cccs1. The highest BCUT2D eigenvalue weighted by atomic mass is 32.2. The number of hydrogen-bond acceptors (Lipinski definition) is 7. The largest absolute Gasteiger partial charge is 0.486 e. The van der Waals surface area contributed by atoms with Crippen molar-refractivity contribution < 1.29 is 17.9 Å². The third-order valence-corrected chi connectivity index (χ3v) is 6.35. The summed E-state index contributed by atoms with van der Waals surface area (Å²) >= 11 is 1.15. The van der Waals surface area contributed by atoms with Crippen LogP contribution in [0, 0.1) is 0 Å². The molecule has 0 spiro atoms. The van der Waals surface area contributed by atoms with E-state index in [2.05, 4.69) is 15.0 Å². The van der Waals surface area contributed by atoms with Gasteiger partial charge in [-0.2, -0.15) is 0 Å². The third-order valence-electron chi connectivity index (χ3n) is 3.59. The van der Waals surface area contributed by atoms with E-state index in [-0.39, 0.29) is 10.0 Å². The second-order valence-corrected chi connectivity index (χ2v) is 8.31. The Balaban J connectivity index is 1.46. The predicted octanol–water partition coefficient (Wildman–Crippen LogP) is 3.46. The van der Waals surface area contributed by atoms with Crippen LogP contribution in [0.4, 0.5) is 17.2 Å². The summed E-state index contributed by atoms with van der Waals surface area (Å²) in [5, 5.41) is 4.91. The first-order chi connectivity index (χ1) is 12.6. The van der Waals surface area contributed by atoms with Gasteiger partial charge in [0.1, 0.15) is 23.2 Å². The number of hydrogen-bond donors (Lipinski definition) is 2. The molecular formula is C17H15N3O4S2. The van der Waals surface area contributed by atoms with Crippen LogP contribution in [-0.4, -0.2) is 26.6 Å². The number of ether oxygens (including phenoxy) is 2. The Bertz CT molecular complexity index is 1000. The highest BCUT2D eigenvalue weighted by Crippen LogP contribution is 2.33. The van der Waals surface area contributed by atoms with Gasteiger partial charge in [-0.15, -0.1) is 11.3 Å². The molecular weight excluding hydrogens is 374 g/mol. The van der Waals surface area contributed by atoms with Crippen molar-refractivity contribution in [3.63, 3.8) is 0 Å². The molecule has 0 amide bonds. The predicted molar refractivity (Wildman–Crippen MR) is 100 cm³/mol. The van der Waals surface area contributed by atoms with Crippen molar-refractivity contribution in [1.29, 1.82) is 0 Å². The van der Waals surface area contributed by atoms with Crippen molar-refractivity contribution in [2.75, 3.05) is 23.3 Å². The van der Waals surface area contributed by atoms with Crippen molar-refractivity contribution in [2.45, 2.75) is 4.21 Å². The van der Waals surface area contributed by atoms with Gasteiger partial charge in [0.2, 0.25) is 0 Å². The molecule has 2 N–H and O–H groups in total.